The van der Waals surface area contributed by atoms with Gasteiger partial charge < -0.3 is 5.73 Å². The second-order valence-corrected chi connectivity index (χ2v) is 3.31. The van der Waals surface area contributed by atoms with E-state index in [1.807, 2.05) is 18.2 Å². The van der Waals surface area contributed by atoms with E-state index in [2.05, 4.69) is 10.2 Å². The van der Waals surface area contributed by atoms with Gasteiger partial charge in [0, 0.05) is 5.39 Å². The lowest BCUT2D eigenvalue weighted by atomic mass is 10.1. The predicted octanol–water partition coefficient (Wildman–Crippen LogP) is 1.72. The van der Waals surface area contributed by atoms with E-state index in [1.165, 1.54) is 5.56 Å². The van der Waals surface area contributed by atoms with Crippen molar-refractivity contribution in [2.24, 2.45) is 5.73 Å². The van der Waals surface area contributed by atoms with Crippen molar-refractivity contribution in [1.82, 2.24) is 10.2 Å². The van der Waals surface area contributed by atoms with Gasteiger partial charge in [-0.3, -0.25) is 5.10 Å². The molecule has 0 spiro atoms. The molecule has 13 heavy (non-hydrogen) atoms. The van der Waals surface area contributed by atoms with Crippen LogP contribution in [0.2, 0.25) is 5.15 Å². The third-order valence-corrected chi connectivity index (χ3v) is 2.29. The third-order valence-electron chi connectivity index (χ3n) is 2.00. The minimum atomic E-state index is 0.592. The van der Waals surface area contributed by atoms with E-state index in [-0.39, 0.29) is 0 Å². The van der Waals surface area contributed by atoms with Gasteiger partial charge in [-0.15, -0.1) is 0 Å². The van der Waals surface area contributed by atoms with Gasteiger partial charge >= 0.3 is 0 Å². The fraction of sp³-hybridized carbons (Fsp3) is 0.222. The maximum Gasteiger partial charge on any atom is 0.132 e. The molecule has 2 aromatic rings. The Morgan fingerprint density at radius 3 is 3.08 bits per heavy atom. The first-order valence-electron chi connectivity index (χ1n) is 4.14. The zero-order chi connectivity index (χ0) is 9.26. The number of aromatic amines is 1. The number of fused-ring (bicyclic) bond motifs is 1. The molecule has 3 nitrogen and oxygen atoms in total. The van der Waals surface area contributed by atoms with E-state index in [4.69, 9.17) is 17.3 Å². The minimum Gasteiger partial charge on any atom is -0.330 e. The summed E-state index contributed by atoms with van der Waals surface area (Å²) in [6.45, 7) is 0.654. The smallest absolute Gasteiger partial charge is 0.132 e. The van der Waals surface area contributed by atoms with Crippen LogP contribution in [-0.2, 0) is 6.42 Å². The molecule has 0 saturated carbocycles. The number of nitrogens with zero attached hydrogens (tertiary/aromatic N) is 1. The second kappa shape index (κ2) is 3.36. The van der Waals surface area contributed by atoms with Crippen LogP contribution in [-0.4, -0.2) is 16.7 Å². The second-order valence-electron chi connectivity index (χ2n) is 2.93. The number of aromatic nitrogens is 2. The first-order chi connectivity index (χ1) is 6.31. The molecule has 0 unspecified atom stereocenters. The molecule has 0 aliphatic heterocycles. The fourth-order valence-corrected chi connectivity index (χ4v) is 1.54. The van der Waals surface area contributed by atoms with E-state index in [9.17, 15) is 0 Å². The van der Waals surface area contributed by atoms with E-state index < -0.39 is 0 Å². The van der Waals surface area contributed by atoms with Crippen molar-refractivity contribution in [2.45, 2.75) is 6.42 Å². The van der Waals surface area contributed by atoms with Crippen molar-refractivity contribution < 1.29 is 0 Å². The molecule has 1 aromatic carbocycles. The van der Waals surface area contributed by atoms with E-state index in [0.29, 0.717) is 11.7 Å². The molecule has 1 aromatic heterocycles. The molecule has 3 N–H and O–H groups in total. The van der Waals surface area contributed by atoms with Crippen molar-refractivity contribution in [3.05, 3.63) is 28.9 Å². The standard InChI is InChI=1S/C9H10ClN3/c10-9-7-5-6(3-4-11)1-2-8(7)12-13-9/h1-2,5H,3-4,11H2,(H,12,13). The molecular formula is C9H10ClN3. The van der Waals surface area contributed by atoms with Gasteiger partial charge in [0.2, 0.25) is 0 Å². The van der Waals surface area contributed by atoms with Crippen LogP contribution >= 0.6 is 11.6 Å². The Labute approximate surface area is 80.9 Å². The quantitative estimate of drug-likeness (QED) is 0.767. The number of hydrogen-bond acceptors (Lipinski definition) is 2. The maximum absolute atomic E-state index is 5.90. The van der Waals surface area contributed by atoms with Crippen LogP contribution in [0.3, 0.4) is 0 Å². The van der Waals surface area contributed by atoms with Gasteiger partial charge in [0.1, 0.15) is 5.15 Å². The minimum absolute atomic E-state index is 0.592. The number of halogens is 1. The summed E-state index contributed by atoms with van der Waals surface area (Å²) < 4.78 is 0. The van der Waals surface area contributed by atoms with Gasteiger partial charge in [0.15, 0.2) is 0 Å². The lowest BCUT2D eigenvalue weighted by molar-refractivity contribution is 0.971. The molecule has 0 atom stereocenters. The SMILES string of the molecule is NCCc1ccc2n[nH]c(Cl)c2c1. The fourth-order valence-electron chi connectivity index (χ4n) is 1.35. The Hall–Kier alpha value is -1.06. The first kappa shape index (κ1) is 8.53. The van der Waals surface area contributed by atoms with Crippen LogP contribution in [0.1, 0.15) is 5.56 Å². The summed E-state index contributed by atoms with van der Waals surface area (Å²) in [4.78, 5) is 0. The lowest BCUT2D eigenvalue weighted by Gasteiger charge is -1.97. The van der Waals surface area contributed by atoms with Crippen LogP contribution in [0.25, 0.3) is 10.9 Å². The maximum atomic E-state index is 5.90. The Balaban J connectivity index is 2.53. The molecular weight excluding hydrogens is 186 g/mol. The lowest BCUT2D eigenvalue weighted by Crippen LogP contribution is -2.02. The van der Waals surface area contributed by atoms with Gasteiger partial charge in [-0.05, 0) is 30.7 Å². The average molecular weight is 196 g/mol. The number of nitrogens with two attached hydrogens (primary N) is 1. The highest BCUT2D eigenvalue weighted by Crippen LogP contribution is 2.21. The van der Waals surface area contributed by atoms with Gasteiger partial charge in [0.05, 0.1) is 5.52 Å². The summed E-state index contributed by atoms with van der Waals surface area (Å²) in [7, 11) is 0. The Morgan fingerprint density at radius 2 is 2.31 bits per heavy atom. The van der Waals surface area contributed by atoms with Gasteiger partial charge in [-0.2, -0.15) is 5.10 Å². The Morgan fingerprint density at radius 1 is 1.46 bits per heavy atom. The normalized spacial score (nSPS) is 10.9. The summed E-state index contributed by atoms with van der Waals surface area (Å²) in [6, 6.07) is 5.99. The van der Waals surface area contributed by atoms with Crippen molar-refractivity contribution >= 4 is 22.5 Å². The zero-order valence-electron chi connectivity index (χ0n) is 7.05. The molecule has 0 radical (unpaired) electrons. The Bertz CT molecular complexity index is 422. The molecule has 0 fully saturated rings. The highest BCUT2D eigenvalue weighted by molar-refractivity contribution is 6.34. The van der Waals surface area contributed by atoms with Crippen molar-refractivity contribution in [3.63, 3.8) is 0 Å². The zero-order valence-corrected chi connectivity index (χ0v) is 7.80. The molecule has 0 aliphatic carbocycles. The van der Waals surface area contributed by atoms with Crippen LogP contribution in [0, 0.1) is 0 Å². The number of nitrogens with one attached hydrogen (secondary N) is 1. The van der Waals surface area contributed by atoms with Crippen LogP contribution in [0.5, 0.6) is 0 Å². The highest BCUT2D eigenvalue weighted by atomic mass is 35.5. The molecule has 4 heteroatoms. The summed E-state index contributed by atoms with van der Waals surface area (Å²) in [6.07, 6.45) is 0.872. The molecule has 2 rings (SSSR count). The van der Waals surface area contributed by atoms with E-state index in [1.54, 1.807) is 0 Å². The average Bonchev–Trinajstić information content (AvgIpc) is 2.49. The summed E-state index contributed by atoms with van der Waals surface area (Å²) in [5, 5.41) is 8.32. The predicted molar refractivity (Wildman–Crippen MR) is 53.9 cm³/mol. The molecule has 0 aliphatic rings. The third kappa shape index (κ3) is 1.53. The number of rotatable bonds is 2. The topological polar surface area (TPSA) is 54.7 Å². The summed E-state index contributed by atoms with van der Waals surface area (Å²) in [5.74, 6) is 0. The molecule has 0 saturated heterocycles. The number of hydrogen-bond donors (Lipinski definition) is 2. The largest absolute Gasteiger partial charge is 0.330 e. The monoisotopic (exact) mass is 195 g/mol. The van der Waals surface area contributed by atoms with Crippen molar-refractivity contribution in [2.75, 3.05) is 6.54 Å². The van der Waals surface area contributed by atoms with Gasteiger partial charge in [-0.25, -0.2) is 0 Å². The van der Waals surface area contributed by atoms with E-state index in [0.717, 1.165) is 17.3 Å². The van der Waals surface area contributed by atoms with Crippen LogP contribution in [0.4, 0.5) is 0 Å². The van der Waals surface area contributed by atoms with Crippen LogP contribution in [0.15, 0.2) is 18.2 Å². The Kier molecular flexibility index (Phi) is 2.20. The van der Waals surface area contributed by atoms with Gasteiger partial charge in [-0.1, -0.05) is 17.7 Å². The summed E-state index contributed by atoms with van der Waals surface area (Å²) >= 11 is 5.90. The first-order valence-corrected chi connectivity index (χ1v) is 4.51. The van der Waals surface area contributed by atoms with E-state index >= 15 is 0 Å². The van der Waals surface area contributed by atoms with Crippen molar-refractivity contribution in [3.8, 4) is 0 Å². The van der Waals surface area contributed by atoms with Crippen molar-refractivity contribution in [1.29, 1.82) is 0 Å². The number of H-pyrrole nitrogens is 1. The molecule has 1 heterocycles. The van der Waals surface area contributed by atoms with Gasteiger partial charge in [0.25, 0.3) is 0 Å². The molecule has 0 amide bonds. The van der Waals surface area contributed by atoms with Crippen LogP contribution < -0.4 is 5.73 Å². The highest BCUT2D eigenvalue weighted by Gasteiger charge is 2.02. The summed E-state index contributed by atoms with van der Waals surface area (Å²) in [5.41, 5.74) is 7.55. The molecule has 68 valence electrons. The molecule has 0 bridgehead atoms. The number of benzene rings is 1.